The largest absolute Gasteiger partial charge is 0.471 e. The maximum absolute atomic E-state index is 12.0. The lowest BCUT2D eigenvalue weighted by Crippen LogP contribution is -2.37. The standard InChI is InChI=1S/C22H43F3N2O/c1-3-5-16-19-27(4-2)20-17-14-12-10-8-6-7-9-11-13-15-18-26-21(28)22(23,24)25/h3-20H2,1-2H3,(H,26,28). The van der Waals surface area contributed by atoms with Gasteiger partial charge < -0.3 is 10.2 Å². The molecule has 0 rings (SSSR count). The van der Waals surface area contributed by atoms with Crippen LogP contribution in [0.1, 0.15) is 104 Å². The molecule has 0 saturated carbocycles. The zero-order valence-electron chi connectivity index (χ0n) is 18.2. The Hall–Kier alpha value is -0.780. The average Bonchev–Trinajstić information content (AvgIpc) is 2.65. The second kappa shape index (κ2) is 18.3. The van der Waals surface area contributed by atoms with Crippen molar-refractivity contribution in [3.05, 3.63) is 0 Å². The molecule has 0 atom stereocenters. The van der Waals surface area contributed by atoms with Gasteiger partial charge in [-0.3, -0.25) is 4.79 Å². The molecule has 0 heterocycles. The average molecular weight is 409 g/mol. The summed E-state index contributed by atoms with van der Waals surface area (Å²) in [5, 5.41) is 1.91. The Balaban J connectivity index is 3.28. The Bertz CT molecular complexity index is 362. The van der Waals surface area contributed by atoms with Crippen LogP contribution in [0.3, 0.4) is 0 Å². The highest BCUT2D eigenvalue weighted by molar-refractivity contribution is 5.81. The second-order valence-electron chi connectivity index (χ2n) is 7.78. The summed E-state index contributed by atoms with van der Waals surface area (Å²) >= 11 is 0. The molecule has 3 nitrogen and oxygen atoms in total. The molecule has 28 heavy (non-hydrogen) atoms. The maximum atomic E-state index is 12.0. The quantitative estimate of drug-likeness (QED) is 0.248. The summed E-state index contributed by atoms with van der Waals surface area (Å²) in [5.41, 5.74) is 0. The second-order valence-corrected chi connectivity index (χ2v) is 7.78. The first-order valence-electron chi connectivity index (χ1n) is 11.5. The molecule has 0 aliphatic carbocycles. The van der Waals surface area contributed by atoms with Crippen LogP contribution in [0, 0.1) is 0 Å². The predicted molar refractivity (Wildman–Crippen MR) is 111 cm³/mol. The molecule has 0 aromatic heterocycles. The topological polar surface area (TPSA) is 32.3 Å². The highest BCUT2D eigenvalue weighted by Crippen LogP contribution is 2.14. The third kappa shape index (κ3) is 17.3. The van der Waals surface area contributed by atoms with E-state index in [2.05, 4.69) is 18.7 Å². The normalized spacial score (nSPS) is 11.9. The molecule has 1 N–H and O–H groups in total. The number of carbonyl (C=O) groups is 1. The number of amides is 1. The van der Waals surface area contributed by atoms with Crippen LogP contribution in [0.15, 0.2) is 0 Å². The molecule has 1 amide bonds. The van der Waals surface area contributed by atoms with Crippen LogP contribution in [-0.4, -0.2) is 43.2 Å². The molecule has 0 fully saturated rings. The first-order valence-corrected chi connectivity index (χ1v) is 11.5. The monoisotopic (exact) mass is 408 g/mol. The first kappa shape index (κ1) is 27.2. The molecule has 0 radical (unpaired) electrons. The van der Waals surface area contributed by atoms with Crippen molar-refractivity contribution in [3.63, 3.8) is 0 Å². The van der Waals surface area contributed by atoms with Crippen molar-refractivity contribution in [2.45, 2.75) is 110 Å². The van der Waals surface area contributed by atoms with Gasteiger partial charge in [0.25, 0.3) is 0 Å². The van der Waals surface area contributed by atoms with E-state index in [1.54, 1.807) is 0 Å². The van der Waals surface area contributed by atoms with Crippen LogP contribution in [0.5, 0.6) is 0 Å². The number of unbranched alkanes of at least 4 members (excludes halogenated alkanes) is 12. The van der Waals surface area contributed by atoms with E-state index in [1.807, 2.05) is 5.32 Å². The molecule has 6 heteroatoms. The van der Waals surface area contributed by atoms with Gasteiger partial charge in [-0.25, -0.2) is 0 Å². The Morgan fingerprint density at radius 1 is 0.714 bits per heavy atom. The molecule has 0 aliphatic rings. The lowest BCUT2D eigenvalue weighted by atomic mass is 10.1. The number of alkyl halides is 3. The molecular weight excluding hydrogens is 365 g/mol. The van der Waals surface area contributed by atoms with Crippen molar-refractivity contribution in [1.82, 2.24) is 10.2 Å². The number of nitrogens with one attached hydrogen (secondary N) is 1. The van der Waals surface area contributed by atoms with E-state index in [4.69, 9.17) is 0 Å². The van der Waals surface area contributed by atoms with E-state index in [9.17, 15) is 18.0 Å². The number of carbonyl (C=O) groups excluding carboxylic acids is 1. The van der Waals surface area contributed by atoms with Gasteiger partial charge in [-0.05, 0) is 38.9 Å². The summed E-state index contributed by atoms with van der Waals surface area (Å²) in [4.78, 5) is 13.2. The summed E-state index contributed by atoms with van der Waals surface area (Å²) < 4.78 is 36.0. The molecule has 168 valence electrons. The van der Waals surface area contributed by atoms with Crippen LogP contribution < -0.4 is 5.32 Å². The predicted octanol–water partition coefficient (Wildman–Crippen LogP) is 6.47. The van der Waals surface area contributed by atoms with Gasteiger partial charge in [-0.15, -0.1) is 0 Å². The molecule has 0 aliphatic heterocycles. The van der Waals surface area contributed by atoms with E-state index in [0.717, 1.165) is 19.3 Å². The molecule has 0 bridgehead atoms. The molecule has 0 unspecified atom stereocenters. The van der Waals surface area contributed by atoms with Crippen molar-refractivity contribution < 1.29 is 18.0 Å². The zero-order chi connectivity index (χ0) is 21.1. The van der Waals surface area contributed by atoms with Gasteiger partial charge in [-0.1, -0.05) is 84.5 Å². The number of halogens is 3. The van der Waals surface area contributed by atoms with Gasteiger partial charge in [0, 0.05) is 6.54 Å². The smallest absolute Gasteiger partial charge is 0.348 e. The third-order valence-electron chi connectivity index (χ3n) is 5.22. The molecule has 0 saturated heterocycles. The van der Waals surface area contributed by atoms with Crippen molar-refractivity contribution in [2.75, 3.05) is 26.2 Å². The van der Waals surface area contributed by atoms with Gasteiger partial charge in [0.1, 0.15) is 0 Å². The number of hydrogen-bond donors (Lipinski definition) is 1. The van der Waals surface area contributed by atoms with Gasteiger partial charge >= 0.3 is 12.1 Å². The van der Waals surface area contributed by atoms with E-state index in [0.29, 0.717) is 6.42 Å². The minimum absolute atomic E-state index is 0.117. The van der Waals surface area contributed by atoms with Crippen LogP contribution in [0.25, 0.3) is 0 Å². The molecule has 0 spiro atoms. The van der Waals surface area contributed by atoms with Gasteiger partial charge in [-0.2, -0.15) is 13.2 Å². The summed E-state index contributed by atoms with van der Waals surface area (Å²) in [6.45, 7) is 8.28. The summed E-state index contributed by atoms with van der Waals surface area (Å²) in [7, 11) is 0. The summed E-state index contributed by atoms with van der Waals surface area (Å²) in [5.74, 6) is -1.83. The first-order chi connectivity index (χ1) is 13.4. The highest BCUT2D eigenvalue weighted by Gasteiger charge is 2.38. The maximum Gasteiger partial charge on any atom is 0.471 e. The Morgan fingerprint density at radius 3 is 1.57 bits per heavy atom. The molecular formula is C22H43F3N2O. The van der Waals surface area contributed by atoms with E-state index >= 15 is 0 Å². The van der Waals surface area contributed by atoms with Crippen LogP contribution in [0.2, 0.25) is 0 Å². The van der Waals surface area contributed by atoms with Crippen molar-refractivity contribution in [3.8, 4) is 0 Å². The van der Waals surface area contributed by atoms with Crippen LogP contribution >= 0.6 is 0 Å². The van der Waals surface area contributed by atoms with Crippen molar-refractivity contribution >= 4 is 5.91 Å². The number of rotatable bonds is 19. The lowest BCUT2D eigenvalue weighted by Gasteiger charge is -2.20. The van der Waals surface area contributed by atoms with E-state index < -0.39 is 12.1 Å². The molecule has 0 aromatic rings. The SMILES string of the molecule is CCCCCN(CC)CCCCCCCCCCCCCNC(=O)C(F)(F)F. The Labute approximate surface area is 170 Å². The van der Waals surface area contributed by atoms with Crippen molar-refractivity contribution in [2.24, 2.45) is 0 Å². The van der Waals surface area contributed by atoms with Crippen LogP contribution in [0.4, 0.5) is 13.2 Å². The van der Waals surface area contributed by atoms with E-state index in [1.165, 1.54) is 83.8 Å². The Morgan fingerprint density at radius 2 is 1.14 bits per heavy atom. The fourth-order valence-corrected chi connectivity index (χ4v) is 3.37. The van der Waals surface area contributed by atoms with E-state index in [-0.39, 0.29) is 6.54 Å². The summed E-state index contributed by atoms with van der Waals surface area (Å²) in [6.07, 6.45) is 11.9. The molecule has 0 aromatic carbocycles. The number of hydrogen-bond acceptors (Lipinski definition) is 2. The third-order valence-corrected chi connectivity index (χ3v) is 5.22. The van der Waals surface area contributed by atoms with Gasteiger partial charge in [0.05, 0.1) is 0 Å². The highest BCUT2D eigenvalue weighted by atomic mass is 19.4. The minimum atomic E-state index is -4.76. The minimum Gasteiger partial charge on any atom is -0.348 e. The fraction of sp³-hybridized carbons (Fsp3) is 0.955. The van der Waals surface area contributed by atoms with Gasteiger partial charge in [0.2, 0.25) is 0 Å². The zero-order valence-corrected chi connectivity index (χ0v) is 18.2. The Kier molecular flexibility index (Phi) is 17.8. The van der Waals surface area contributed by atoms with Crippen LogP contribution in [-0.2, 0) is 4.79 Å². The van der Waals surface area contributed by atoms with Gasteiger partial charge in [0.15, 0.2) is 0 Å². The lowest BCUT2D eigenvalue weighted by molar-refractivity contribution is -0.173. The summed E-state index contributed by atoms with van der Waals surface area (Å²) in [6, 6.07) is 0. The fourth-order valence-electron chi connectivity index (χ4n) is 3.37. The van der Waals surface area contributed by atoms with Crippen molar-refractivity contribution in [1.29, 1.82) is 0 Å². The number of nitrogens with zero attached hydrogens (tertiary/aromatic N) is 1.